The van der Waals surface area contributed by atoms with Crippen molar-refractivity contribution in [3.8, 4) is 0 Å². The molecule has 2 aromatic rings. The maximum absolute atomic E-state index is 12.9. The number of carbonyl (C=O) groups is 1. The standard InChI is InChI=1S/C16H16ClFN2O4S/c17-14-7-2-11(16(22)19-8-1-9-21)10-15(14)25(23,24)20-13-5-3-12(18)4-6-13/h2-7,10,20-21H,1,8-9H2,(H,19,22). The average molecular weight is 387 g/mol. The molecule has 0 heterocycles. The predicted molar refractivity (Wildman–Crippen MR) is 92.7 cm³/mol. The number of sulfonamides is 1. The molecule has 2 rings (SSSR count). The number of aliphatic hydroxyl groups is 1. The van der Waals surface area contributed by atoms with Gasteiger partial charge in [-0.3, -0.25) is 9.52 Å². The van der Waals surface area contributed by atoms with Gasteiger partial charge in [-0.05, 0) is 48.9 Å². The summed E-state index contributed by atoms with van der Waals surface area (Å²) in [4.78, 5) is 11.7. The van der Waals surface area contributed by atoms with Crippen LogP contribution in [0.4, 0.5) is 10.1 Å². The van der Waals surface area contributed by atoms with Crippen LogP contribution in [0.25, 0.3) is 0 Å². The Morgan fingerprint density at radius 3 is 2.48 bits per heavy atom. The van der Waals surface area contributed by atoms with Gasteiger partial charge in [0.05, 0.1) is 5.02 Å². The Morgan fingerprint density at radius 1 is 1.16 bits per heavy atom. The quantitative estimate of drug-likeness (QED) is 0.637. The third-order valence-corrected chi connectivity index (χ3v) is 5.06. The zero-order valence-corrected chi connectivity index (χ0v) is 14.6. The van der Waals surface area contributed by atoms with Crippen molar-refractivity contribution in [2.24, 2.45) is 0 Å². The maximum Gasteiger partial charge on any atom is 0.263 e. The van der Waals surface area contributed by atoms with Crippen LogP contribution >= 0.6 is 11.6 Å². The molecule has 25 heavy (non-hydrogen) atoms. The molecule has 0 radical (unpaired) electrons. The SMILES string of the molecule is O=C(NCCCO)c1ccc(Cl)c(S(=O)(=O)Nc2ccc(F)cc2)c1. The number of benzene rings is 2. The topological polar surface area (TPSA) is 95.5 Å². The van der Waals surface area contributed by atoms with Gasteiger partial charge in [0, 0.05) is 24.4 Å². The summed E-state index contributed by atoms with van der Waals surface area (Å²) in [5.41, 5.74) is 0.275. The van der Waals surface area contributed by atoms with Crippen molar-refractivity contribution in [2.75, 3.05) is 17.9 Å². The van der Waals surface area contributed by atoms with Crippen LogP contribution in [0, 0.1) is 5.82 Å². The Labute approximate surface area is 149 Å². The summed E-state index contributed by atoms with van der Waals surface area (Å²) in [7, 11) is -4.06. The number of aliphatic hydroxyl groups excluding tert-OH is 1. The molecule has 3 N–H and O–H groups in total. The van der Waals surface area contributed by atoms with Crippen molar-refractivity contribution in [3.63, 3.8) is 0 Å². The lowest BCUT2D eigenvalue weighted by Gasteiger charge is -2.11. The lowest BCUT2D eigenvalue weighted by Crippen LogP contribution is -2.25. The molecule has 0 fully saturated rings. The van der Waals surface area contributed by atoms with E-state index in [0.717, 1.165) is 18.2 Å². The lowest BCUT2D eigenvalue weighted by molar-refractivity contribution is 0.0951. The molecule has 134 valence electrons. The number of rotatable bonds is 7. The second-order valence-electron chi connectivity index (χ2n) is 5.09. The number of anilines is 1. The molecule has 0 aliphatic carbocycles. The zero-order valence-electron chi connectivity index (χ0n) is 13.0. The van der Waals surface area contributed by atoms with Crippen LogP contribution in [0.3, 0.4) is 0 Å². The van der Waals surface area contributed by atoms with Crippen LogP contribution in [0.1, 0.15) is 16.8 Å². The van der Waals surface area contributed by atoms with Gasteiger partial charge >= 0.3 is 0 Å². The van der Waals surface area contributed by atoms with Gasteiger partial charge in [0.2, 0.25) is 0 Å². The molecule has 0 aromatic heterocycles. The molecule has 0 bridgehead atoms. The molecule has 9 heteroatoms. The van der Waals surface area contributed by atoms with Crippen LogP contribution in [0.2, 0.25) is 5.02 Å². The Kier molecular flexibility index (Phi) is 6.35. The molecular formula is C16H16ClFN2O4S. The van der Waals surface area contributed by atoms with Gasteiger partial charge < -0.3 is 10.4 Å². The first-order chi connectivity index (χ1) is 11.8. The zero-order chi connectivity index (χ0) is 18.4. The van der Waals surface area contributed by atoms with Crippen molar-refractivity contribution in [1.82, 2.24) is 5.32 Å². The molecule has 0 spiro atoms. The summed E-state index contributed by atoms with van der Waals surface area (Å²) in [5.74, 6) is -0.981. The second kappa shape index (κ2) is 8.28. The summed E-state index contributed by atoms with van der Waals surface area (Å²) in [6.45, 7) is 0.190. The largest absolute Gasteiger partial charge is 0.396 e. The van der Waals surface area contributed by atoms with Gasteiger partial charge in [0.25, 0.3) is 15.9 Å². The van der Waals surface area contributed by atoms with E-state index in [1.54, 1.807) is 0 Å². The summed E-state index contributed by atoms with van der Waals surface area (Å²) in [6.07, 6.45) is 0.386. The molecule has 0 saturated heterocycles. The number of nitrogens with one attached hydrogen (secondary N) is 2. The van der Waals surface area contributed by atoms with Crippen LogP contribution in [0.15, 0.2) is 47.4 Å². The number of hydrogen-bond acceptors (Lipinski definition) is 4. The molecule has 0 unspecified atom stereocenters. The molecule has 0 saturated carbocycles. The van der Waals surface area contributed by atoms with Crippen molar-refractivity contribution >= 4 is 33.2 Å². The van der Waals surface area contributed by atoms with Gasteiger partial charge in [-0.1, -0.05) is 11.6 Å². The first kappa shape index (κ1) is 19.2. The van der Waals surface area contributed by atoms with E-state index in [-0.39, 0.29) is 34.3 Å². The summed E-state index contributed by atoms with van der Waals surface area (Å²) >= 11 is 5.96. The van der Waals surface area contributed by atoms with Crippen molar-refractivity contribution in [1.29, 1.82) is 0 Å². The molecule has 0 aliphatic heterocycles. The summed E-state index contributed by atoms with van der Waals surface area (Å²) in [6, 6.07) is 8.63. The van der Waals surface area contributed by atoms with E-state index in [1.807, 2.05) is 0 Å². The molecular weight excluding hydrogens is 371 g/mol. The Hall–Kier alpha value is -2.16. The highest BCUT2D eigenvalue weighted by atomic mass is 35.5. The van der Waals surface area contributed by atoms with E-state index < -0.39 is 21.7 Å². The highest BCUT2D eigenvalue weighted by molar-refractivity contribution is 7.92. The third kappa shape index (κ3) is 5.15. The third-order valence-electron chi connectivity index (χ3n) is 3.20. The molecule has 2 aromatic carbocycles. The lowest BCUT2D eigenvalue weighted by atomic mass is 10.2. The molecule has 1 amide bonds. The minimum Gasteiger partial charge on any atom is -0.396 e. The summed E-state index contributed by atoms with van der Waals surface area (Å²) in [5, 5.41) is 11.2. The Balaban J connectivity index is 2.26. The van der Waals surface area contributed by atoms with Gasteiger partial charge in [-0.25, -0.2) is 12.8 Å². The van der Waals surface area contributed by atoms with Crippen molar-refractivity contribution in [2.45, 2.75) is 11.3 Å². The van der Waals surface area contributed by atoms with Crippen LogP contribution in [-0.2, 0) is 10.0 Å². The smallest absolute Gasteiger partial charge is 0.263 e. The van der Waals surface area contributed by atoms with Gasteiger partial charge in [0.1, 0.15) is 10.7 Å². The highest BCUT2D eigenvalue weighted by Gasteiger charge is 2.20. The Morgan fingerprint density at radius 2 is 1.84 bits per heavy atom. The number of halogens is 2. The van der Waals surface area contributed by atoms with Crippen LogP contribution in [0.5, 0.6) is 0 Å². The fourth-order valence-electron chi connectivity index (χ4n) is 1.96. The minimum atomic E-state index is -4.06. The normalized spacial score (nSPS) is 11.2. The van der Waals surface area contributed by atoms with Gasteiger partial charge in [0.15, 0.2) is 0 Å². The first-order valence-corrected chi connectivity index (χ1v) is 9.16. The summed E-state index contributed by atoms with van der Waals surface area (Å²) < 4.78 is 40.2. The second-order valence-corrected chi connectivity index (χ2v) is 7.15. The fourth-order valence-corrected chi connectivity index (χ4v) is 3.55. The fraction of sp³-hybridized carbons (Fsp3) is 0.188. The molecule has 0 aliphatic rings. The van der Waals surface area contributed by atoms with E-state index in [0.29, 0.717) is 6.42 Å². The number of amides is 1. The minimum absolute atomic E-state index is 0.0541. The van der Waals surface area contributed by atoms with E-state index in [1.165, 1.54) is 24.3 Å². The first-order valence-electron chi connectivity index (χ1n) is 7.30. The van der Waals surface area contributed by atoms with Crippen molar-refractivity contribution in [3.05, 3.63) is 58.9 Å². The number of carbonyl (C=O) groups excluding carboxylic acids is 1. The van der Waals surface area contributed by atoms with Crippen molar-refractivity contribution < 1.29 is 22.7 Å². The molecule has 6 nitrogen and oxygen atoms in total. The predicted octanol–water partition coefficient (Wildman–Crippen LogP) is 2.39. The Bertz CT molecular complexity index is 857. The highest BCUT2D eigenvalue weighted by Crippen LogP contribution is 2.25. The maximum atomic E-state index is 12.9. The monoisotopic (exact) mass is 386 g/mol. The number of hydrogen-bond donors (Lipinski definition) is 3. The van der Waals surface area contributed by atoms with Gasteiger partial charge in [-0.15, -0.1) is 0 Å². The van der Waals surface area contributed by atoms with Gasteiger partial charge in [-0.2, -0.15) is 0 Å². The van der Waals surface area contributed by atoms with E-state index in [9.17, 15) is 17.6 Å². The average Bonchev–Trinajstić information content (AvgIpc) is 2.57. The van der Waals surface area contributed by atoms with E-state index >= 15 is 0 Å². The van der Waals surface area contributed by atoms with Crippen LogP contribution in [-0.4, -0.2) is 32.6 Å². The van der Waals surface area contributed by atoms with Crippen LogP contribution < -0.4 is 10.0 Å². The van der Waals surface area contributed by atoms with E-state index in [2.05, 4.69) is 10.0 Å². The van der Waals surface area contributed by atoms with E-state index in [4.69, 9.17) is 16.7 Å². The molecule has 0 atom stereocenters.